The van der Waals surface area contributed by atoms with Crippen molar-refractivity contribution in [2.24, 2.45) is 0 Å². The molecule has 1 aromatic rings. The van der Waals surface area contributed by atoms with E-state index in [-0.39, 0.29) is 19.6 Å². The van der Waals surface area contributed by atoms with Crippen molar-refractivity contribution >= 4 is 5.91 Å². The van der Waals surface area contributed by atoms with E-state index < -0.39 is 23.0 Å². The molecule has 0 aliphatic heterocycles. The van der Waals surface area contributed by atoms with E-state index in [1.165, 1.54) is 25.2 Å². The van der Waals surface area contributed by atoms with Gasteiger partial charge in [-0.15, -0.1) is 24.4 Å². The molecule has 0 atom stereocenters. The van der Waals surface area contributed by atoms with Crippen molar-refractivity contribution in [3.63, 3.8) is 0 Å². The van der Waals surface area contributed by atoms with E-state index in [2.05, 4.69) is 19.7 Å². The van der Waals surface area contributed by atoms with Crippen molar-refractivity contribution < 1.29 is 4.79 Å². The molecule has 1 amide bonds. The minimum absolute atomic E-state index is 0.0507. The zero-order valence-electron chi connectivity index (χ0n) is 12.4. The Kier molecular flexibility index (Phi) is 5.62. The zero-order valence-corrected chi connectivity index (χ0v) is 12.4. The standard InChI is InChI=1S/C14H18N4O4/c1-5-8-15-12(20)16(9-6-2)14(22)18(13(15)21)17(10-7-3)11(4)19/h5-7H,1-3,8-10H2,4H3. The van der Waals surface area contributed by atoms with E-state index in [0.717, 1.165) is 14.1 Å². The maximum Gasteiger partial charge on any atom is 0.356 e. The molecule has 1 heterocycles. The number of hydrogen-bond acceptors (Lipinski definition) is 4. The second-order valence-electron chi connectivity index (χ2n) is 4.35. The molecule has 8 nitrogen and oxygen atoms in total. The Morgan fingerprint density at radius 1 is 0.955 bits per heavy atom. The second kappa shape index (κ2) is 7.21. The van der Waals surface area contributed by atoms with Crippen LogP contribution in [0.2, 0.25) is 0 Å². The van der Waals surface area contributed by atoms with Crippen LogP contribution >= 0.6 is 0 Å². The van der Waals surface area contributed by atoms with Gasteiger partial charge in [-0.2, -0.15) is 0 Å². The van der Waals surface area contributed by atoms with Crippen molar-refractivity contribution in [1.82, 2.24) is 13.8 Å². The van der Waals surface area contributed by atoms with Crippen LogP contribution in [0.3, 0.4) is 0 Å². The monoisotopic (exact) mass is 306 g/mol. The summed E-state index contributed by atoms with van der Waals surface area (Å²) in [7, 11) is 0. The third-order valence-electron chi connectivity index (χ3n) is 2.82. The van der Waals surface area contributed by atoms with Gasteiger partial charge in [0.1, 0.15) is 0 Å². The lowest BCUT2D eigenvalue weighted by Gasteiger charge is -2.22. The highest BCUT2D eigenvalue weighted by molar-refractivity contribution is 5.83. The van der Waals surface area contributed by atoms with Crippen molar-refractivity contribution in [2.45, 2.75) is 20.0 Å². The Morgan fingerprint density at radius 3 is 1.73 bits per heavy atom. The molecule has 1 rings (SSSR count). The first kappa shape index (κ1) is 17.2. The molecule has 1 aromatic heterocycles. The third kappa shape index (κ3) is 3.05. The van der Waals surface area contributed by atoms with Crippen LogP contribution in [-0.4, -0.2) is 26.3 Å². The highest BCUT2D eigenvalue weighted by atomic mass is 16.2. The van der Waals surface area contributed by atoms with Gasteiger partial charge in [0.05, 0.1) is 19.6 Å². The summed E-state index contributed by atoms with van der Waals surface area (Å²) in [6.45, 7) is 11.4. The van der Waals surface area contributed by atoms with Crippen LogP contribution in [0.1, 0.15) is 6.92 Å². The number of allylic oxidation sites excluding steroid dienone is 2. The van der Waals surface area contributed by atoms with Gasteiger partial charge >= 0.3 is 17.1 Å². The molecule has 0 fully saturated rings. The number of carbonyl (C=O) groups is 1. The fraction of sp³-hybridized carbons (Fsp3) is 0.286. The van der Waals surface area contributed by atoms with Gasteiger partial charge in [0.2, 0.25) is 5.91 Å². The van der Waals surface area contributed by atoms with Crippen molar-refractivity contribution in [2.75, 3.05) is 11.6 Å². The lowest BCUT2D eigenvalue weighted by Crippen LogP contribution is -2.61. The number of amides is 1. The van der Waals surface area contributed by atoms with E-state index >= 15 is 0 Å². The first-order valence-electron chi connectivity index (χ1n) is 6.48. The minimum Gasteiger partial charge on any atom is -0.273 e. The topological polar surface area (TPSA) is 86.3 Å². The average Bonchev–Trinajstić information content (AvgIpc) is 2.47. The zero-order chi connectivity index (χ0) is 16.9. The average molecular weight is 306 g/mol. The minimum atomic E-state index is -0.910. The molecule has 0 spiro atoms. The molecule has 0 radical (unpaired) electrons. The third-order valence-corrected chi connectivity index (χ3v) is 2.82. The lowest BCUT2D eigenvalue weighted by molar-refractivity contribution is -0.118. The summed E-state index contributed by atoms with van der Waals surface area (Å²) < 4.78 is 2.26. The SMILES string of the molecule is C=CCN(C(C)=O)n1c(=O)n(CC=C)c(=O)n(CC=C)c1=O. The van der Waals surface area contributed by atoms with Gasteiger partial charge in [0, 0.05) is 6.92 Å². The molecule has 0 unspecified atom stereocenters. The summed E-state index contributed by atoms with van der Waals surface area (Å²) in [5.41, 5.74) is -2.60. The number of hydrogen-bond donors (Lipinski definition) is 0. The fourth-order valence-corrected chi connectivity index (χ4v) is 1.87. The van der Waals surface area contributed by atoms with Crippen LogP contribution in [0.25, 0.3) is 0 Å². The summed E-state index contributed by atoms with van der Waals surface area (Å²) >= 11 is 0. The Bertz CT molecular complexity index is 733. The summed E-state index contributed by atoms with van der Waals surface area (Å²) in [6, 6.07) is 0. The van der Waals surface area contributed by atoms with Crippen LogP contribution < -0.4 is 22.1 Å². The second-order valence-corrected chi connectivity index (χ2v) is 4.35. The maximum absolute atomic E-state index is 12.4. The number of carbonyl (C=O) groups excluding carboxylic acids is 1. The molecular weight excluding hydrogens is 288 g/mol. The van der Waals surface area contributed by atoms with Gasteiger partial charge in [-0.3, -0.25) is 4.79 Å². The predicted molar refractivity (Wildman–Crippen MR) is 83.6 cm³/mol. The quantitative estimate of drug-likeness (QED) is 0.618. The molecule has 0 saturated carbocycles. The molecule has 0 aromatic carbocycles. The smallest absolute Gasteiger partial charge is 0.273 e. The predicted octanol–water partition coefficient (Wildman–Crippen LogP) is -0.786. The summed E-state index contributed by atoms with van der Waals surface area (Å²) in [6.07, 6.45) is 4.07. The molecule has 0 aliphatic rings. The van der Waals surface area contributed by atoms with Crippen LogP contribution in [0, 0.1) is 0 Å². The summed E-state index contributed by atoms with van der Waals surface area (Å²) in [4.78, 5) is 48.7. The van der Waals surface area contributed by atoms with E-state index in [1.54, 1.807) is 0 Å². The number of nitrogens with zero attached hydrogens (tertiary/aromatic N) is 4. The first-order valence-corrected chi connectivity index (χ1v) is 6.48. The fourth-order valence-electron chi connectivity index (χ4n) is 1.87. The van der Waals surface area contributed by atoms with E-state index in [1.807, 2.05) is 0 Å². The highest BCUT2D eigenvalue weighted by Gasteiger charge is 2.20. The van der Waals surface area contributed by atoms with Crippen LogP contribution in [0.5, 0.6) is 0 Å². The normalized spacial score (nSPS) is 10.0. The Labute approximate surface area is 126 Å². The summed E-state index contributed by atoms with van der Waals surface area (Å²) in [5.74, 6) is -0.534. The molecule has 22 heavy (non-hydrogen) atoms. The largest absolute Gasteiger partial charge is 0.356 e. The molecule has 0 aliphatic carbocycles. The van der Waals surface area contributed by atoms with E-state index in [0.29, 0.717) is 4.68 Å². The summed E-state index contributed by atoms with van der Waals surface area (Å²) in [5, 5.41) is 0.913. The molecule has 0 saturated heterocycles. The Hall–Kier alpha value is -2.90. The van der Waals surface area contributed by atoms with Crippen LogP contribution in [-0.2, 0) is 17.9 Å². The molecule has 8 heteroatoms. The van der Waals surface area contributed by atoms with Crippen LogP contribution in [0.15, 0.2) is 52.3 Å². The molecule has 0 bridgehead atoms. The molecule has 0 N–H and O–H groups in total. The highest BCUT2D eigenvalue weighted by Crippen LogP contribution is 1.86. The number of rotatable bonds is 7. The van der Waals surface area contributed by atoms with Crippen molar-refractivity contribution in [3.05, 3.63) is 69.4 Å². The van der Waals surface area contributed by atoms with Gasteiger partial charge in [-0.1, -0.05) is 18.2 Å². The molecule has 118 valence electrons. The van der Waals surface area contributed by atoms with Crippen LogP contribution in [0.4, 0.5) is 0 Å². The first-order chi connectivity index (χ1) is 10.4. The Morgan fingerprint density at radius 2 is 1.41 bits per heavy atom. The molecular formula is C14H18N4O4. The Balaban J connectivity index is 3.87. The van der Waals surface area contributed by atoms with Gasteiger partial charge in [0.25, 0.3) is 0 Å². The lowest BCUT2D eigenvalue weighted by atomic mass is 10.5. The van der Waals surface area contributed by atoms with E-state index in [9.17, 15) is 19.2 Å². The van der Waals surface area contributed by atoms with Gasteiger partial charge in [0.15, 0.2) is 0 Å². The van der Waals surface area contributed by atoms with Gasteiger partial charge in [-0.05, 0) is 0 Å². The van der Waals surface area contributed by atoms with Crippen molar-refractivity contribution in [3.8, 4) is 0 Å². The van der Waals surface area contributed by atoms with Crippen molar-refractivity contribution in [1.29, 1.82) is 0 Å². The maximum atomic E-state index is 12.4. The van der Waals surface area contributed by atoms with Gasteiger partial charge in [-0.25, -0.2) is 28.5 Å². The number of aromatic nitrogens is 3. The van der Waals surface area contributed by atoms with E-state index in [4.69, 9.17) is 0 Å². The van der Waals surface area contributed by atoms with Gasteiger partial charge < -0.3 is 0 Å².